The van der Waals surface area contributed by atoms with Gasteiger partial charge in [0.1, 0.15) is 5.82 Å². The molecule has 9 heteroatoms. The molecule has 1 heterocycles. The lowest BCUT2D eigenvalue weighted by Gasteiger charge is -2.32. The molecule has 0 radical (unpaired) electrons. The molecule has 126 valence electrons. The van der Waals surface area contributed by atoms with Crippen LogP contribution in [-0.4, -0.2) is 33.4 Å². The SMILES string of the molecule is NC1CC(Nc2nonc2C(=N[C@H]2Cc3ccc(F)cc32)NO)C1. The standard InChI is InChI=1S/C15H17FN6O2/c16-8-2-1-7-3-12(11(7)4-8)19-14(20-23)13-15(22-24-21-13)18-10-5-9(17)6-10/h1-2,4,9-10,12,23H,3,5-6,17H2,(H,18,22)(H,19,20)/t9?,10?,12-/m0/s1. The molecule has 24 heavy (non-hydrogen) atoms. The minimum atomic E-state index is -0.307. The monoisotopic (exact) mass is 332 g/mol. The molecule has 0 aliphatic heterocycles. The van der Waals surface area contributed by atoms with Crippen LogP contribution in [0.15, 0.2) is 27.8 Å². The Balaban J connectivity index is 1.55. The van der Waals surface area contributed by atoms with Crippen LogP contribution in [-0.2, 0) is 6.42 Å². The van der Waals surface area contributed by atoms with E-state index in [4.69, 9.17) is 10.4 Å². The molecule has 1 saturated carbocycles. The molecule has 1 fully saturated rings. The van der Waals surface area contributed by atoms with Crippen LogP contribution in [0.2, 0.25) is 0 Å². The van der Waals surface area contributed by atoms with Gasteiger partial charge in [0, 0.05) is 12.1 Å². The summed E-state index contributed by atoms with van der Waals surface area (Å²) in [5.41, 5.74) is 9.93. The zero-order chi connectivity index (χ0) is 16.7. The summed E-state index contributed by atoms with van der Waals surface area (Å²) < 4.78 is 18.1. The summed E-state index contributed by atoms with van der Waals surface area (Å²) in [5, 5.41) is 20.2. The molecule has 0 amide bonds. The molecule has 2 aliphatic carbocycles. The molecule has 0 spiro atoms. The average Bonchev–Trinajstić information content (AvgIpc) is 2.97. The van der Waals surface area contributed by atoms with Gasteiger partial charge in [-0.2, -0.15) is 0 Å². The van der Waals surface area contributed by atoms with Crippen LogP contribution >= 0.6 is 0 Å². The first-order valence-electron chi connectivity index (χ1n) is 7.75. The Hall–Kier alpha value is -2.52. The molecule has 2 aliphatic rings. The van der Waals surface area contributed by atoms with Crippen molar-refractivity contribution in [1.29, 1.82) is 0 Å². The molecule has 0 unspecified atom stereocenters. The second-order valence-corrected chi connectivity index (χ2v) is 6.19. The fourth-order valence-electron chi connectivity index (χ4n) is 3.07. The van der Waals surface area contributed by atoms with Crippen molar-refractivity contribution in [2.24, 2.45) is 10.7 Å². The predicted octanol–water partition coefficient (Wildman–Crippen LogP) is 1.13. The van der Waals surface area contributed by atoms with Crippen LogP contribution in [0.4, 0.5) is 10.2 Å². The number of nitrogens with one attached hydrogen (secondary N) is 2. The van der Waals surface area contributed by atoms with Crippen LogP contribution in [0.5, 0.6) is 0 Å². The molecule has 5 N–H and O–H groups in total. The quantitative estimate of drug-likeness (QED) is 0.376. The Labute approximate surface area is 136 Å². The second-order valence-electron chi connectivity index (χ2n) is 6.19. The number of halogens is 1. The number of fused-ring (bicyclic) bond motifs is 1. The van der Waals surface area contributed by atoms with Crippen molar-refractivity contribution in [1.82, 2.24) is 15.8 Å². The van der Waals surface area contributed by atoms with Crippen molar-refractivity contribution in [3.63, 3.8) is 0 Å². The van der Waals surface area contributed by atoms with E-state index in [0.717, 1.165) is 24.0 Å². The molecule has 8 nitrogen and oxygen atoms in total. The second kappa shape index (κ2) is 5.84. The molecule has 1 aromatic heterocycles. The summed E-state index contributed by atoms with van der Waals surface area (Å²) in [6.07, 6.45) is 2.34. The number of amidine groups is 1. The number of aromatic nitrogens is 2. The highest BCUT2D eigenvalue weighted by molar-refractivity contribution is 6.00. The number of nitrogens with zero attached hydrogens (tertiary/aromatic N) is 3. The van der Waals surface area contributed by atoms with E-state index >= 15 is 0 Å². The fraction of sp³-hybridized carbons (Fsp3) is 0.400. The Morgan fingerprint density at radius 1 is 1.38 bits per heavy atom. The van der Waals surface area contributed by atoms with Gasteiger partial charge in [-0.1, -0.05) is 6.07 Å². The van der Waals surface area contributed by atoms with Gasteiger partial charge in [0.2, 0.25) is 5.82 Å². The van der Waals surface area contributed by atoms with Gasteiger partial charge < -0.3 is 11.1 Å². The molecule has 2 aromatic rings. The van der Waals surface area contributed by atoms with E-state index in [9.17, 15) is 9.60 Å². The summed E-state index contributed by atoms with van der Waals surface area (Å²) in [5.74, 6) is 0.215. The molecular weight excluding hydrogens is 315 g/mol. The van der Waals surface area contributed by atoms with E-state index < -0.39 is 0 Å². The largest absolute Gasteiger partial charge is 0.362 e. The fourth-order valence-corrected chi connectivity index (χ4v) is 3.07. The first kappa shape index (κ1) is 15.0. The highest BCUT2D eigenvalue weighted by Gasteiger charge is 2.30. The molecular formula is C15H17FN6O2. The highest BCUT2D eigenvalue weighted by atomic mass is 19.1. The summed E-state index contributed by atoms with van der Waals surface area (Å²) in [7, 11) is 0. The van der Waals surface area contributed by atoms with E-state index in [1.54, 1.807) is 6.07 Å². The van der Waals surface area contributed by atoms with Crippen molar-refractivity contribution in [3.05, 3.63) is 40.8 Å². The Kier molecular flexibility index (Phi) is 3.66. The third-order valence-electron chi connectivity index (χ3n) is 4.50. The maximum absolute atomic E-state index is 13.4. The topological polar surface area (TPSA) is 122 Å². The number of hydrogen-bond donors (Lipinski definition) is 4. The van der Waals surface area contributed by atoms with Gasteiger partial charge in [-0.25, -0.2) is 9.02 Å². The summed E-state index contributed by atoms with van der Waals surface area (Å²) in [4.78, 5) is 4.41. The number of benzene rings is 1. The Bertz CT molecular complexity index is 786. The molecule has 1 atom stereocenters. The minimum Gasteiger partial charge on any atom is -0.362 e. The lowest BCUT2D eigenvalue weighted by molar-refractivity contribution is 0.232. The van der Waals surface area contributed by atoms with Crippen molar-refractivity contribution >= 4 is 11.7 Å². The number of hydroxylamine groups is 1. The minimum absolute atomic E-state index is 0.127. The van der Waals surface area contributed by atoms with Crippen LogP contribution in [0.25, 0.3) is 0 Å². The molecule has 0 saturated heterocycles. The van der Waals surface area contributed by atoms with E-state index in [2.05, 4.69) is 20.6 Å². The Morgan fingerprint density at radius 3 is 2.96 bits per heavy atom. The van der Waals surface area contributed by atoms with Crippen LogP contribution in [0.1, 0.15) is 35.7 Å². The summed E-state index contributed by atoms with van der Waals surface area (Å²) in [6, 6.07) is 4.77. The van der Waals surface area contributed by atoms with Crippen molar-refractivity contribution in [3.8, 4) is 0 Å². The van der Waals surface area contributed by atoms with E-state index in [0.29, 0.717) is 12.2 Å². The normalized spacial score (nSPS) is 25.5. The third-order valence-corrected chi connectivity index (χ3v) is 4.50. The van der Waals surface area contributed by atoms with Gasteiger partial charge in [-0.15, -0.1) is 0 Å². The van der Waals surface area contributed by atoms with E-state index in [-0.39, 0.29) is 35.5 Å². The Morgan fingerprint density at radius 2 is 2.21 bits per heavy atom. The third kappa shape index (κ3) is 2.61. The maximum atomic E-state index is 13.4. The smallest absolute Gasteiger partial charge is 0.202 e. The number of hydrogen-bond acceptors (Lipinski definition) is 7. The van der Waals surface area contributed by atoms with E-state index in [1.807, 2.05) is 5.48 Å². The summed E-state index contributed by atoms with van der Waals surface area (Å²) in [6.45, 7) is 0. The first-order chi connectivity index (χ1) is 11.6. The number of anilines is 1. The van der Waals surface area contributed by atoms with Crippen LogP contribution < -0.4 is 16.5 Å². The van der Waals surface area contributed by atoms with E-state index in [1.165, 1.54) is 12.1 Å². The lowest BCUT2D eigenvalue weighted by atomic mass is 9.83. The van der Waals surface area contributed by atoms with Crippen molar-refractivity contribution in [2.75, 3.05) is 5.32 Å². The van der Waals surface area contributed by atoms with Crippen LogP contribution in [0, 0.1) is 5.82 Å². The first-order valence-corrected chi connectivity index (χ1v) is 7.75. The van der Waals surface area contributed by atoms with Crippen LogP contribution in [0.3, 0.4) is 0 Å². The van der Waals surface area contributed by atoms with Crippen molar-refractivity contribution < 1.29 is 14.2 Å². The van der Waals surface area contributed by atoms with Gasteiger partial charge in [-0.3, -0.25) is 15.7 Å². The maximum Gasteiger partial charge on any atom is 0.202 e. The molecule has 1 aromatic carbocycles. The van der Waals surface area contributed by atoms with Gasteiger partial charge in [-0.05, 0) is 52.8 Å². The molecule has 4 rings (SSSR count). The molecule has 0 bridgehead atoms. The van der Waals surface area contributed by atoms with Gasteiger partial charge in [0.05, 0.1) is 6.04 Å². The summed E-state index contributed by atoms with van der Waals surface area (Å²) >= 11 is 0. The lowest BCUT2D eigenvalue weighted by Crippen LogP contribution is -2.44. The highest BCUT2D eigenvalue weighted by Crippen LogP contribution is 2.37. The average molecular weight is 332 g/mol. The van der Waals surface area contributed by atoms with Gasteiger partial charge >= 0.3 is 0 Å². The number of aliphatic imine (C=N–C) groups is 1. The predicted molar refractivity (Wildman–Crippen MR) is 83.2 cm³/mol. The number of rotatable bonds is 4. The zero-order valence-corrected chi connectivity index (χ0v) is 12.7. The number of nitrogens with two attached hydrogens (primary N) is 1. The zero-order valence-electron chi connectivity index (χ0n) is 12.7. The van der Waals surface area contributed by atoms with Gasteiger partial charge in [0.25, 0.3) is 0 Å². The van der Waals surface area contributed by atoms with Crippen molar-refractivity contribution in [2.45, 2.75) is 37.4 Å². The van der Waals surface area contributed by atoms with Gasteiger partial charge in [0.15, 0.2) is 11.5 Å².